The molecule has 0 fully saturated rings. The largest absolute Gasteiger partial charge is 0.356 e. The average molecular weight is 272 g/mol. The molecule has 0 unspecified atom stereocenters. The summed E-state index contributed by atoms with van der Waals surface area (Å²) in [6, 6.07) is 6.44. The van der Waals surface area contributed by atoms with Gasteiger partial charge in [0.05, 0.1) is 0 Å². The second-order valence-corrected chi connectivity index (χ2v) is 3.77. The van der Waals surface area contributed by atoms with Crippen LogP contribution >= 0.6 is 23.2 Å². The maximum atomic E-state index is 5.62. The van der Waals surface area contributed by atoms with Crippen molar-refractivity contribution in [3.63, 3.8) is 0 Å². The topological polar surface area (TPSA) is 64.0 Å². The number of halogens is 2. The Hall–Kier alpha value is -1.66. The van der Waals surface area contributed by atoms with Gasteiger partial charge in [-0.3, -0.25) is 0 Å². The van der Waals surface area contributed by atoms with Crippen LogP contribution in [0.2, 0.25) is 10.3 Å². The molecular weight excluding hydrogens is 265 g/mol. The van der Waals surface area contributed by atoms with Crippen LogP contribution in [0.15, 0.2) is 24.3 Å². The van der Waals surface area contributed by atoms with E-state index >= 15 is 0 Å². The number of hydrogen-bond donors (Lipinski definition) is 0. The van der Waals surface area contributed by atoms with Gasteiger partial charge in [0.25, 0.3) is 5.88 Å². The minimum Gasteiger partial charge on any atom is -0.356 e. The third-order valence-corrected chi connectivity index (χ3v) is 2.18. The Morgan fingerprint density at radius 3 is 2.12 bits per heavy atom. The smallest absolute Gasteiger partial charge is 0.265 e. The fraction of sp³-hybridized carbons (Fsp3) is 0.111. The third kappa shape index (κ3) is 3.15. The van der Waals surface area contributed by atoms with Crippen LogP contribution in [0.5, 0.6) is 5.88 Å². The molecule has 2 aromatic heterocycles. The van der Waals surface area contributed by atoms with Gasteiger partial charge in [0.15, 0.2) is 16.1 Å². The molecule has 0 saturated carbocycles. The maximum absolute atomic E-state index is 5.62. The lowest BCUT2D eigenvalue weighted by Crippen LogP contribution is -2.23. The highest BCUT2D eigenvalue weighted by atomic mass is 35.5. The zero-order valence-electron chi connectivity index (χ0n) is 8.71. The molecule has 0 amide bonds. The summed E-state index contributed by atoms with van der Waals surface area (Å²) >= 11 is 11.2. The Kier molecular flexibility index (Phi) is 3.55. The molecule has 2 heterocycles. The van der Waals surface area contributed by atoms with E-state index < -0.39 is 0 Å². The monoisotopic (exact) mass is 271 g/mol. The van der Waals surface area contributed by atoms with Crippen molar-refractivity contribution >= 4 is 29.0 Å². The van der Waals surface area contributed by atoms with Crippen LogP contribution < -0.4 is 9.90 Å². The van der Waals surface area contributed by atoms with Gasteiger partial charge >= 0.3 is 0 Å². The van der Waals surface area contributed by atoms with E-state index in [-0.39, 0.29) is 0 Å². The summed E-state index contributed by atoms with van der Waals surface area (Å²) in [5.41, 5.74) is 0. The Morgan fingerprint density at radius 2 is 1.59 bits per heavy atom. The average Bonchev–Trinajstić information content (AvgIpc) is 2.33. The van der Waals surface area contributed by atoms with Crippen LogP contribution in [0, 0.1) is 0 Å². The molecular formula is C9H7Cl2N5O. The van der Waals surface area contributed by atoms with Gasteiger partial charge in [-0.15, -0.1) is 20.4 Å². The minimum atomic E-state index is 0.297. The van der Waals surface area contributed by atoms with Crippen LogP contribution in [0.1, 0.15) is 0 Å². The fourth-order valence-electron chi connectivity index (χ4n) is 1.02. The number of rotatable bonds is 3. The molecule has 6 nitrogen and oxygen atoms in total. The predicted octanol–water partition coefficient (Wildman–Crippen LogP) is 2.00. The van der Waals surface area contributed by atoms with Crippen molar-refractivity contribution in [2.75, 3.05) is 12.1 Å². The summed E-state index contributed by atoms with van der Waals surface area (Å²) in [5.74, 6) is 0.791. The van der Waals surface area contributed by atoms with Crippen molar-refractivity contribution in [2.45, 2.75) is 0 Å². The van der Waals surface area contributed by atoms with E-state index in [9.17, 15) is 0 Å². The molecule has 0 atom stereocenters. The lowest BCUT2D eigenvalue weighted by Gasteiger charge is -2.16. The third-order valence-electron chi connectivity index (χ3n) is 1.78. The highest BCUT2D eigenvalue weighted by Gasteiger charge is 2.06. The Morgan fingerprint density at radius 1 is 0.941 bits per heavy atom. The summed E-state index contributed by atoms with van der Waals surface area (Å²) in [5, 5.41) is 16.9. The molecule has 17 heavy (non-hydrogen) atoms. The zero-order chi connectivity index (χ0) is 12.3. The van der Waals surface area contributed by atoms with Crippen molar-refractivity contribution in [1.29, 1.82) is 0 Å². The predicted molar refractivity (Wildman–Crippen MR) is 63.1 cm³/mol. The lowest BCUT2D eigenvalue weighted by atomic mass is 10.5. The summed E-state index contributed by atoms with van der Waals surface area (Å²) in [6.07, 6.45) is 0. The molecule has 0 aliphatic carbocycles. The van der Waals surface area contributed by atoms with Crippen molar-refractivity contribution in [3.8, 4) is 5.88 Å². The number of hydroxylamine groups is 1. The molecule has 2 rings (SSSR count). The Balaban J connectivity index is 2.08. The van der Waals surface area contributed by atoms with Crippen LogP contribution in [-0.2, 0) is 0 Å². The second-order valence-electron chi connectivity index (χ2n) is 3.00. The highest BCUT2D eigenvalue weighted by Crippen LogP contribution is 2.14. The molecule has 0 saturated heterocycles. The number of hydrogen-bond acceptors (Lipinski definition) is 6. The second kappa shape index (κ2) is 5.11. The van der Waals surface area contributed by atoms with Gasteiger partial charge in [-0.05, 0) is 18.2 Å². The fourth-order valence-corrected chi connectivity index (χ4v) is 1.22. The van der Waals surface area contributed by atoms with E-state index in [0.717, 1.165) is 0 Å². The zero-order valence-corrected chi connectivity index (χ0v) is 10.2. The van der Waals surface area contributed by atoms with Crippen molar-refractivity contribution in [1.82, 2.24) is 20.4 Å². The molecule has 8 heteroatoms. The highest BCUT2D eigenvalue weighted by molar-refractivity contribution is 6.29. The SMILES string of the molecule is CN(Oc1ccc(Cl)nn1)c1ccc(Cl)nn1. The molecule has 0 aliphatic rings. The van der Waals surface area contributed by atoms with E-state index in [1.807, 2.05) is 0 Å². The molecule has 0 aromatic carbocycles. The van der Waals surface area contributed by atoms with Crippen LogP contribution in [0.25, 0.3) is 0 Å². The molecule has 0 bridgehead atoms. The summed E-state index contributed by atoms with van der Waals surface area (Å²) in [7, 11) is 1.66. The summed E-state index contributed by atoms with van der Waals surface area (Å²) in [4.78, 5) is 5.35. The van der Waals surface area contributed by atoms with Crippen LogP contribution in [0.3, 0.4) is 0 Å². The first-order valence-electron chi connectivity index (χ1n) is 4.55. The van der Waals surface area contributed by atoms with E-state index in [0.29, 0.717) is 22.0 Å². The van der Waals surface area contributed by atoms with Crippen LogP contribution in [0.4, 0.5) is 5.82 Å². The van der Waals surface area contributed by atoms with Crippen LogP contribution in [-0.4, -0.2) is 27.4 Å². The molecule has 0 aliphatic heterocycles. The van der Waals surface area contributed by atoms with Gasteiger partial charge in [0, 0.05) is 13.1 Å². The van der Waals surface area contributed by atoms with Gasteiger partial charge < -0.3 is 4.84 Å². The Labute approximate surface area is 107 Å². The minimum absolute atomic E-state index is 0.297. The number of nitrogens with zero attached hydrogens (tertiary/aromatic N) is 5. The first-order chi connectivity index (χ1) is 8.15. The maximum Gasteiger partial charge on any atom is 0.265 e. The normalized spacial score (nSPS) is 10.1. The van der Waals surface area contributed by atoms with Gasteiger partial charge in [-0.25, -0.2) is 0 Å². The lowest BCUT2D eigenvalue weighted by molar-refractivity contribution is 0.284. The van der Waals surface area contributed by atoms with Gasteiger partial charge in [-0.1, -0.05) is 23.2 Å². The van der Waals surface area contributed by atoms with Crippen molar-refractivity contribution < 1.29 is 4.84 Å². The van der Waals surface area contributed by atoms with Gasteiger partial charge in [-0.2, -0.15) is 5.06 Å². The van der Waals surface area contributed by atoms with E-state index in [4.69, 9.17) is 28.0 Å². The van der Waals surface area contributed by atoms with Gasteiger partial charge in [0.2, 0.25) is 0 Å². The Bertz CT molecular complexity index is 490. The van der Waals surface area contributed by atoms with Gasteiger partial charge in [0.1, 0.15) is 0 Å². The number of anilines is 1. The standard InChI is InChI=1S/C9H7Cl2N5O/c1-16(8-4-2-6(10)12-14-8)17-9-5-3-7(11)13-15-9/h2-5H,1H3. The molecule has 0 spiro atoms. The molecule has 2 aromatic rings. The van der Waals surface area contributed by atoms with E-state index in [1.54, 1.807) is 31.3 Å². The summed E-state index contributed by atoms with van der Waals surface area (Å²) < 4.78 is 0. The van der Waals surface area contributed by atoms with E-state index in [2.05, 4.69) is 20.4 Å². The van der Waals surface area contributed by atoms with Crippen molar-refractivity contribution in [3.05, 3.63) is 34.6 Å². The molecule has 0 radical (unpaired) electrons. The summed E-state index contributed by atoms with van der Waals surface area (Å²) in [6.45, 7) is 0. The van der Waals surface area contributed by atoms with E-state index in [1.165, 1.54) is 5.06 Å². The molecule has 88 valence electrons. The van der Waals surface area contributed by atoms with Crippen molar-refractivity contribution in [2.24, 2.45) is 0 Å². The molecule has 0 N–H and O–H groups in total. The first-order valence-corrected chi connectivity index (χ1v) is 5.31. The first kappa shape index (κ1) is 11.8. The number of aromatic nitrogens is 4. The quantitative estimate of drug-likeness (QED) is 0.796.